The van der Waals surface area contributed by atoms with Gasteiger partial charge >= 0.3 is 0 Å². The van der Waals surface area contributed by atoms with Crippen molar-refractivity contribution in [3.63, 3.8) is 0 Å². The molecule has 1 aliphatic heterocycles. The SMILES string of the molecule is C[C@@H]1CN(CCCOc2cccc(I)c2)CCN1. The fraction of sp³-hybridized carbons (Fsp3) is 0.571. The molecule has 0 aliphatic carbocycles. The molecule has 3 nitrogen and oxygen atoms in total. The number of nitrogens with one attached hydrogen (secondary N) is 1. The van der Waals surface area contributed by atoms with Crippen LogP contribution in [0.3, 0.4) is 0 Å². The van der Waals surface area contributed by atoms with Crippen LogP contribution in [0.2, 0.25) is 0 Å². The average molecular weight is 360 g/mol. The Morgan fingerprint density at radius 1 is 1.50 bits per heavy atom. The van der Waals surface area contributed by atoms with E-state index in [4.69, 9.17) is 4.74 Å². The molecule has 1 aromatic rings. The van der Waals surface area contributed by atoms with Gasteiger partial charge in [-0.15, -0.1) is 0 Å². The van der Waals surface area contributed by atoms with Crippen LogP contribution in [0.5, 0.6) is 5.75 Å². The molecule has 18 heavy (non-hydrogen) atoms. The second kappa shape index (κ2) is 7.31. The Morgan fingerprint density at radius 2 is 2.39 bits per heavy atom. The van der Waals surface area contributed by atoms with Crippen molar-refractivity contribution >= 4 is 22.6 Å². The van der Waals surface area contributed by atoms with Crippen LogP contribution in [0.4, 0.5) is 0 Å². The highest BCUT2D eigenvalue weighted by atomic mass is 127. The lowest BCUT2D eigenvalue weighted by Crippen LogP contribution is -2.49. The fourth-order valence-corrected chi connectivity index (χ4v) is 2.76. The third-order valence-corrected chi connectivity index (χ3v) is 3.81. The Balaban J connectivity index is 1.64. The molecule has 0 unspecified atom stereocenters. The van der Waals surface area contributed by atoms with Crippen molar-refractivity contribution in [2.24, 2.45) is 0 Å². The molecule has 1 N–H and O–H groups in total. The van der Waals surface area contributed by atoms with Crippen molar-refractivity contribution in [3.8, 4) is 5.75 Å². The van der Waals surface area contributed by atoms with Gasteiger partial charge in [0.05, 0.1) is 6.61 Å². The lowest BCUT2D eigenvalue weighted by Gasteiger charge is -2.31. The van der Waals surface area contributed by atoms with Crippen LogP contribution in [0, 0.1) is 3.57 Å². The minimum Gasteiger partial charge on any atom is -0.494 e. The summed E-state index contributed by atoms with van der Waals surface area (Å²) in [7, 11) is 0. The summed E-state index contributed by atoms with van der Waals surface area (Å²) in [5, 5.41) is 3.46. The quantitative estimate of drug-likeness (QED) is 0.645. The van der Waals surface area contributed by atoms with Gasteiger partial charge in [0.25, 0.3) is 0 Å². The van der Waals surface area contributed by atoms with Crippen LogP contribution in [-0.2, 0) is 0 Å². The van der Waals surface area contributed by atoms with Crippen molar-refractivity contribution in [1.82, 2.24) is 10.2 Å². The van der Waals surface area contributed by atoms with Crippen LogP contribution in [0.1, 0.15) is 13.3 Å². The number of rotatable bonds is 5. The monoisotopic (exact) mass is 360 g/mol. The third-order valence-electron chi connectivity index (χ3n) is 3.14. The largest absolute Gasteiger partial charge is 0.494 e. The van der Waals surface area contributed by atoms with Gasteiger partial charge in [-0.2, -0.15) is 0 Å². The van der Waals surface area contributed by atoms with E-state index in [1.807, 2.05) is 12.1 Å². The molecule has 0 amide bonds. The van der Waals surface area contributed by atoms with Crippen molar-refractivity contribution in [1.29, 1.82) is 0 Å². The lowest BCUT2D eigenvalue weighted by atomic mass is 10.2. The molecule has 1 heterocycles. The summed E-state index contributed by atoms with van der Waals surface area (Å²) < 4.78 is 6.98. The summed E-state index contributed by atoms with van der Waals surface area (Å²) in [6.45, 7) is 7.61. The molecule has 0 saturated carbocycles. The second-order valence-corrected chi connectivity index (χ2v) is 6.06. The van der Waals surface area contributed by atoms with Crippen LogP contribution < -0.4 is 10.1 Å². The Hall–Kier alpha value is -0.330. The van der Waals surface area contributed by atoms with E-state index < -0.39 is 0 Å². The molecule has 0 bridgehead atoms. The molecule has 1 saturated heterocycles. The number of piperazine rings is 1. The zero-order chi connectivity index (χ0) is 12.8. The van der Waals surface area contributed by atoms with Crippen LogP contribution in [0.25, 0.3) is 0 Å². The summed E-state index contributed by atoms with van der Waals surface area (Å²) in [4.78, 5) is 2.51. The first-order chi connectivity index (χ1) is 8.74. The van der Waals surface area contributed by atoms with Gasteiger partial charge in [0.15, 0.2) is 0 Å². The molecule has 1 atom stereocenters. The molecule has 0 aromatic heterocycles. The lowest BCUT2D eigenvalue weighted by molar-refractivity contribution is 0.189. The maximum Gasteiger partial charge on any atom is 0.120 e. The van der Waals surface area contributed by atoms with E-state index in [0.29, 0.717) is 6.04 Å². The van der Waals surface area contributed by atoms with E-state index in [-0.39, 0.29) is 0 Å². The molecule has 0 radical (unpaired) electrons. The van der Waals surface area contributed by atoms with Gasteiger partial charge in [-0.1, -0.05) is 6.07 Å². The van der Waals surface area contributed by atoms with Gasteiger partial charge in [-0.25, -0.2) is 0 Å². The Morgan fingerprint density at radius 3 is 3.17 bits per heavy atom. The maximum atomic E-state index is 5.76. The molecule has 2 rings (SSSR count). The van der Waals surface area contributed by atoms with Gasteiger partial charge in [-0.3, -0.25) is 0 Å². The predicted molar refractivity (Wildman–Crippen MR) is 83.2 cm³/mol. The van der Waals surface area contributed by atoms with Crippen molar-refractivity contribution < 1.29 is 4.74 Å². The summed E-state index contributed by atoms with van der Waals surface area (Å²) in [6.07, 6.45) is 1.10. The number of halogens is 1. The molecule has 4 heteroatoms. The minimum atomic E-state index is 0.621. The topological polar surface area (TPSA) is 24.5 Å². The molecular weight excluding hydrogens is 339 g/mol. The molecule has 100 valence electrons. The number of nitrogens with zero attached hydrogens (tertiary/aromatic N) is 1. The average Bonchev–Trinajstić information content (AvgIpc) is 2.35. The van der Waals surface area contributed by atoms with Crippen LogP contribution in [0.15, 0.2) is 24.3 Å². The normalized spacial score (nSPS) is 20.9. The van der Waals surface area contributed by atoms with Gasteiger partial charge in [0.1, 0.15) is 5.75 Å². The molecule has 1 aliphatic rings. The van der Waals surface area contributed by atoms with E-state index >= 15 is 0 Å². The standard InChI is InChI=1S/C14H21IN2O/c1-12-11-17(8-6-16-12)7-3-9-18-14-5-2-4-13(15)10-14/h2,4-5,10,12,16H,3,6-9,11H2,1H3/t12-/m1/s1. The first-order valence-corrected chi connectivity index (χ1v) is 7.66. The summed E-state index contributed by atoms with van der Waals surface area (Å²) in [5.41, 5.74) is 0. The summed E-state index contributed by atoms with van der Waals surface area (Å²) in [6, 6.07) is 8.84. The first-order valence-electron chi connectivity index (χ1n) is 6.58. The fourth-order valence-electron chi connectivity index (χ4n) is 2.25. The minimum absolute atomic E-state index is 0.621. The highest BCUT2D eigenvalue weighted by molar-refractivity contribution is 14.1. The number of hydrogen-bond acceptors (Lipinski definition) is 3. The zero-order valence-corrected chi connectivity index (χ0v) is 13.0. The van der Waals surface area contributed by atoms with Gasteiger partial charge in [0.2, 0.25) is 0 Å². The maximum absolute atomic E-state index is 5.76. The number of ether oxygens (including phenoxy) is 1. The first kappa shape index (κ1) is 14.1. The van der Waals surface area contributed by atoms with Crippen molar-refractivity contribution in [2.45, 2.75) is 19.4 Å². The molecule has 0 spiro atoms. The van der Waals surface area contributed by atoms with E-state index in [0.717, 1.165) is 45.0 Å². The number of hydrogen-bond donors (Lipinski definition) is 1. The van der Waals surface area contributed by atoms with E-state index in [9.17, 15) is 0 Å². The molecule has 1 aromatic carbocycles. The van der Waals surface area contributed by atoms with Gasteiger partial charge in [-0.05, 0) is 54.1 Å². The van der Waals surface area contributed by atoms with Crippen molar-refractivity contribution in [2.75, 3.05) is 32.8 Å². The molecular formula is C14H21IN2O. The summed E-state index contributed by atoms with van der Waals surface area (Å²) >= 11 is 2.31. The van der Waals surface area contributed by atoms with E-state index in [1.165, 1.54) is 3.57 Å². The molecule has 1 fully saturated rings. The zero-order valence-electron chi connectivity index (χ0n) is 10.9. The highest BCUT2D eigenvalue weighted by Gasteiger charge is 2.14. The van der Waals surface area contributed by atoms with Crippen LogP contribution >= 0.6 is 22.6 Å². The Kier molecular flexibility index (Phi) is 5.72. The van der Waals surface area contributed by atoms with Gasteiger partial charge < -0.3 is 15.0 Å². The highest BCUT2D eigenvalue weighted by Crippen LogP contribution is 2.14. The summed E-state index contributed by atoms with van der Waals surface area (Å²) in [5.74, 6) is 0.982. The predicted octanol–water partition coefficient (Wildman–Crippen LogP) is 2.35. The smallest absolute Gasteiger partial charge is 0.120 e. The Bertz CT molecular complexity index is 373. The van der Waals surface area contributed by atoms with Gasteiger partial charge in [0, 0.05) is 35.8 Å². The number of benzene rings is 1. The van der Waals surface area contributed by atoms with E-state index in [1.54, 1.807) is 0 Å². The van der Waals surface area contributed by atoms with Crippen molar-refractivity contribution in [3.05, 3.63) is 27.8 Å². The Labute approximate surface area is 123 Å². The second-order valence-electron chi connectivity index (χ2n) is 4.82. The van der Waals surface area contributed by atoms with Crippen LogP contribution in [-0.4, -0.2) is 43.7 Å². The van der Waals surface area contributed by atoms with E-state index in [2.05, 4.69) is 51.9 Å². The third kappa shape index (κ3) is 4.74.